The first-order chi connectivity index (χ1) is 7.40. The van der Waals surface area contributed by atoms with E-state index < -0.39 is 0 Å². The molecule has 1 aromatic rings. The highest BCUT2D eigenvalue weighted by Gasteiger charge is 2.11. The van der Waals surface area contributed by atoms with Gasteiger partial charge in [-0.3, -0.25) is 0 Å². The number of hydrogen-bond donors (Lipinski definition) is 1. The molecule has 1 saturated heterocycles. The van der Waals surface area contributed by atoms with Gasteiger partial charge in [-0.2, -0.15) is 5.48 Å². The molecule has 0 spiro atoms. The van der Waals surface area contributed by atoms with Crippen LogP contribution in [0.25, 0.3) is 0 Å². The summed E-state index contributed by atoms with van der Waals surface area (Å²) in [4.78, 5) is 7.25. The Labute approximate surface area is 91.0 Å². The van der Waals surface area contributed by atoms with E-state index in [9.17, 15) is 0 Å². The number of hydrogen-bond acceptors (Lipinski definition) is 3. The maximum atomic E-state index is 4.82. The number of nitrogens with one attached hydrogen (secondary N) is 1. The second-order valence-corrected chi connectivity index (χ2v) is 3.89. The van der Waals surface area contributed by atoms with Gasteiger partial charge in [0.1, 0.15) is 0 Å². The van der Waals surface area contributed by atoms with Crippen LogP contribution in [0.1, 0.15) is 18.4 Å². The highest BCUT2D eigenvalue weighted by molar-refractivity contribution is 5.48. The third-order valence-electron chi connectivity index (χ3n) is 2.83. The standard InChI is InChI=1S/C12H18N2O/c1-15-13-10-11-4-6-12(7-5-11)14-8-2-3-9-14/h4-7,13H,2-3,8-10H2,1H3. The minimum Gasteiger partial charge on any atom is -0.372 e. The summed E-state index contributed by atoms with van der Waals surface area (Å²) in [6.07, 6.45) is 2.65. The first kappa shape index (κ1) is 10.5. The van der Waals surface area contributed by atoms with Gasteiger partial charge in [-0.15, -0.1) is 0 Å². The fraction of sp³-hybridized carbons (Fsp3) is 0.500. The Morgan fingerprint density at radius 3 is 2.47 bits per heavy atom. The zero-order chi connectivity index (χ0) is 10.5. The van der Waals surface area contributed by atoms with Gasteiger partial charge in [-0.05, 0) is 30.5 Å². The van der Waals surface area contributed by atoms with Crippen LogP contribution in [0.3, 0.4) is 0 Å². The largest absolute Gasteiger partial charge is 0.372 e. The van der Waals surface area contributed by atoms with Crippen molar-refractivity contribution in [3.63, 3.8) is 0 Å². The van der Waals surface area contributed by atoms with E-state index in [-0.39, 0.29) is 0 Å². The minimum absolute atomic E-state index is 0.761. The molecule has 2 rings (SSSR count). The molecule has 0 saturated carbocycles. The lowest BCUT2D eigenvalue weighted by Gasteiger charge is -2.17. The third-order valence-corrected chi connectivity index (χ3v) is 2.83. The number of hydroxylamine groups is 1. The van der Waals surface area contributed by atoms with E-state index in [0.717, 1.165) is 6.54 Å². The molecule has 0 bridgehead atoms. The van der Waals surface area contributed by atoms with E-state index in [1.807, 2.05) is 0 Å². The molecular formula is C12H18N2O. The van der Waals surface area contributed by atoms with Crippen molar-refractivity contribution in [2.24, 2.45) is 0 Å². The predicted octanol–water partition coefficient (Wildman–Crippen LogP) is 1.94. The topological polar surface area (TPSA) is 24.5 Å². The van der Waals surface area contributed by atoms with Gasteiger partial charge < -0.3 is 9.74 Å². The normalized spacial score (nSPS) is 15.9. The summed E-state index contributed by atoms with van der Waals surface area (Å²) in [5, 5.41) is 0. The van der Waals surface area contributed by atoms with Crippen LogP contribution in [0.5, 0.6) is 0 Å². The van der Waals surface area contributed by atoms with E-state index in [1.54, 1.807) is 7.11 Å². The Kier molecular flexibility index (Phi) is 3.59. The number of anilines is 1. The average molecular weight is 206 g/mol. The van der Waals surface area contributed by atoms with E-state index in [0.29, 0.717) is 0 Å². The molecule has 0 unspecified atom stereocenters. The molecule has 15 heavy (non-hydrogen) atoms. The molecule has 1 heterocycles. The minimum atomic E-state index is 0.761. The van der Waals surface area contributed by atoms with Crippen molar-refractivity contribution in [3.05, 3.63) is 29.8 Å². The Hall–Kier alpha value is -1.06. The molecule has 1 fully saturated rings. The molecular weight excluding hydrogens is 188 g/mol. The van der Waals surface area contributed by atoms with Crippen LogP contribution in [0, 0.1) is 0 Å². The van der Waals surface area contributed by atoms with Gasteiger partial charge in [0.2, 0.25) is 0 Å². The molecule has 3 nitrogen and oxygen atoms in total. The zero-order valence-electron chi connectivity index (χ0n) is 9.20. The second-order valence-electron chi connectivity index (χ2n) is 3.89. The number of nitrogens with zero attached hydrogens (tertiary/aromatic N) is 1. The Bertz CT molecular complexity index is 291. The smallest absolute Gasteiger partial charge is 0.0572 e. The maximum absolute atomic E-state index is 4.82. The fourth-order valence-corrected chi connectivity index (χ4v) is 1.96. The highest BCUT2D eigenvalue weighted by atomic mass is 16.6. The summed E-state index contributed by atoms with van der Waals surface area (Å²) in [6, 6.07) is 8.69. The van der Waals surface area contributed by atoms with Crippen molar-refractivity contribution >= 4 is 5.69 Å². The van der Waals surface area contributed by atoms with Gasteiger partial charge in [0.15, 0.2) is 0 Å². The van der Waals surface area contributed by atoms with Crippen LogP contribution >= 0.6 is 0 Å². The van der Waals surface area contributed by atoms with Gasteiger partial charge >= 0.3 is 0 Å². The molecule has 0 atom stereocenters. The van der Waals surface area contributed by atoms with E-state index in [1.165, 1.54) is 37.2 Å². The zero-order valence-corrected chi connectivity index (χ0v) is 9.20. The number of rotatable bonds is 4. The monoisotopic (exact) mass is 206 g/mol. The van der Waals surface area contributed by atoms with Crippen LogP contribution < -0.4 is 10.4 Å². The maximum Gasteiger partial charge on any atom is 0.0572 e. The highest BCUT2D eigenvalue weighted by Crippen LogP contribution is 2.20. The number of benzene rings is 1. The van der Waals surface area contributed by atoms with Gasteiger partial charge in [0.05, 0.1) is 7.11 Å². The van der Waals surface area contributed by atoms with Crippen LogP contribution in [0.15, 0.2) is 24.3 Å². The SMILES string of the molecule is CONCc1ccc(N2CCCC2)cc1. The lowest BCUT2D eigenvalue weighted by Crippen LogP contribution is -2.17. The Morgan fingerprint density at radius 1 is 1.20 bits per heavy atom. The summed E-state index contributed by atoms with van der Waals surface area (Å²) in [7, 11) is 1.64. The Balaban J connectivity index is 1.96. The third kappa shape index (κ3) is 2.70. The van der Waals surface area contributed by atoms with Gasteiger partial charge in [-0.25, -0.2) is 0 Å². The first-order valence-corrected chi connectivity index (χ1v) is 5.50. The van der Waals surface area contributed by atoms with Gasteiger partial charge in [-0.1, -0.05) is 12.1 Å². The van der Waals surface area contributed by atoms with Crippen molar-refractivity contribution < 1.29 is 4.84 Å². The molecule has 1 aromatic carbocycles. The van der Waals surface area contributed by atoms with E-state index in [2.05, 4.69) is 34.6 Å². The second kappa shape index (κ2) is 5.14. The summed E-state index contributed by atoms with van der Waals surface area (Å²) in [5.74, 6) is 0. The van der Waals surface area contributed by atoms with Crippen LogP contribution in [0.4, 0.5) is 5.69 Å². The Morgan fingerprint density at radius 2 is 1.87 bits per heavy atom. The summed E-state index contributed by atoms with van der Waals surface area (Å²) < 4.78 is 0. The molecule has 0 aliphatic carbocycles. The first-order valence-electron chi connectivity index (χ1n) is 5.50. The van der Waals surface area contributed by atoms with Crippen molar-refractivity contribution in [1.29, 1.82) is 0 Å². The van der Waals surface area contributed by atoms with Crippen molar-refractivity contribution in [2.75, 3.05) is 25.1 Å². The van der Waals surface area contributed by atoms with Crippen molar-refractivity contribution in [2.45, 2.75) is 19.4 Å². The summed E-state index contributed by atoms with van der Waals surface area (Å²) in [5.41, 5.74) is 5.43. The molecule has 3 heteroatoms. The lowest BCUT2D eigenvalue weighted by molar-refractivity contribution is 0.0867. The fourth-order valence-electron chi connectivity index (χ4n) is 1.96. The molecule has 0 amide bonds. The molecule has 82 valence electrons. The van der Waals surface area contributed by atoms with Crippen molar-refractivity contribution in [1.82, 2.24) is 5.48 Å². The predicted molar refractivity (Wildman–Crippen MR) is 61.7 cm³/mol. The van der Waals surface area contributed by atoms with E-state index >= 15 is 0 Å². The van der Waals surface area contributed by atoms with Crippen LogP contribution in [-0.2, 0) is 11.4 Å². The summed E-state index contributed by atoms with van der Waals surface area (Å²) >= 11 is 0. The molecule has 0 radical (unpaired) electrons. The molecule has 1 aliphatic heterocycles. The molecule has 0 aromatic heterocycles. The molecule has 1 aliphatic rings. The summed E-state index contributed by atoms with van der Waals surface area (Å²) in [6.45, 7) is 3.17. The quantitative estimate of drug-likeness (QED) is 0.762. The van der Waals surface area contributed by atoms with Gasteiger partial charge in [0.25, 0.3) is 0 Å². The van der Waals surface area contributed by atoms with E-state index in [4.69, 9.17) is 4.84 Å². The lowest BCUT2D eigenvalue weighted by atomic mass is 10.2. The van der Waals surface area contributed by atoms with Crippen LogP contribution in [0.2, 0.25) is 0 Å². The molecule has 1 N–H and O–H groups in total. The average Bonchev–Trinajstić information content (AvgIpc) is 2.80. The van der Waals surface area contributed by atoms with Crippen molar-refractivity contribution in [3.8, 4) is 0 Å². The van der Waals surface area contributed by atoms with Crippen LogP contribution in [-0.4, -0.2) is 20.2 Å². The van der Waals surface area contributed by atoms with Gasteiger partial charge in [0, 0.05) is 25.3 Å².